The Morgan fingerprint density at radius 1 is 0.955 bits per heavy atom. The molecule has 1 saturated heterocycles. The highest BCUT2D eigenvalue weighted by Crippen LogP contribution is 2.48. The molecule has 0 spiro atoms. The number of furan rings is 1. The average Bonchev–Trinajstić information content (AvgIpc) is 3.95. The quantitative estimate of drug-likeness (QED) is 0.143. The fourth-order valence-electron chi connectivity index (χ4n) is 9.49. The van der Waals surface area contributed by atoms with Crippen LogP contribution in [0, 0.1) is 5.92 Å². The summed E-state index contributed by atoms with van der Waals surface area (Å²) < 4.78 is 52.2. The number of aromatic nitrogens is 2. The number of nitrogens with one attached hydrogen (secondary N) is 3. The maximum atomic E-state index is 14.9. The Kier molecular flexibility index (Phi) is 12.1. The van der Waals surface area contributed by atoms with E-state index in [0.29, 0.717) is 60.2 Å². The molecule has 5 aliphatic rings. The van der Waals surface area contributed by atoms with E-state index in [1.807, 2.05) is 48.6 Å². The van der Waals surface area contributed by atoms with Gasteiger partial charge in [0.25, 0.3) is 11.8 Å². The molecule has 4 heterocycles. The molecule has 0 radical (unpaired) electrons. The van der Waals surface area contributed by atoms with Crippen molar-refractivity contribution in [3.8, 4) is 23.0 Å². The number of alkyl carbamates (subject to hydrolysis) is 1. The zero-order valence-corrected chi connectivity index (χ0v) is 39.1. The topological polar surface area (TPSA) is 208 Å². The van der Waals surface area contributed by atoms with Gasteiger partial charge in [0, 0.05) is 29.4 Å². The van der Waals surface area contributed by atoms with Crippen molar-refractivity contribution in [2.45, 2.75) is 151 Å². The second-order valence-corrected chi connectivity index (χ2v) is 22.2. The summed E-state index contributed by atoms with van der Waals surface area (Å²) in [6, 6.07) is 11.2. The Balaban J connectivity index is 1.07. The lowest BCUT2D eigenvalue weighted by Gasteiger charge is -2.30. The number of sulfonamides is 1. The first kappa shape index (κ1) is 45.4. The Morgan fingerprint density at radius 3 is 2.41 bits per heavy atom. The van der Waals surface area contributed by atoms with Gasteiger partial charge >= 0.3 is 6.09 Å². The van der Waals surface area contributed by atoms with Crippen LogP contribution >= 0.6 is 0 Å². The average molecular weight is 925 g/mol. The molecule has 352 valence electrons. The minimum Gasteiger partial charge on any atom is -0.497 e. The lowest BCUT2D eigenvalue weighted by molar-refractivity contribution is -0.141. The summed E-state index contributed by atoms with van der Waals surface area (Å²) in [5.41, 5.74) is 1.47. The molecule has 16 nitrogen and oxygen atoms in total. The number of benzene rings is 2. The lowest BCUT2D eigenvalue weighted by Crippen LogP contribution is -2.58. The van der Waals surface area contributed by atoms with Crippen molar-refractivity contribution >= 4 is 55.9 Å². The van der Waals surface area contributed by atoms with Crippen molar-refractivity contribution in [2.75, 3.05) is 13.7 Å². The van der Waals surface area contributed by atoms with Crippen LogP contribution < -0.4 is 24.8 Å². The summed E-state index contributed by atoms with van der Waals surface area (Å²) in [7, 11) is -2.47. The monoisotopic (exact) mass is 924 g/mol. The molecule has 66 heavy (non-hydrogen) atoms. The molecule has 2 aliphatic heterocycles. The Bertz CT molecular complexity index is 2680. The standard InChI is InChI=1S/C49H60N6O10S/c1-47(2,3)30-19-17-29(18-20-30)41-51-39-35-22-21-33(62-5)26-38(35)65-40(39)43(52-41)63-34-25-37-42(56)53-49(45(58)54-66(60,61)48(4)23-24-48)27-31(49)13-9-7-6-8-10-16-36(44(57)55(37)28-34)50-46(59)64-32-14-11-12-15-32/h9,13,17-22,26,31-32,34,36-37H,6-8,10-12,14-16,23-25,27-28H2,1-5H3,(H,50,59)(H,53,56)(H,54,58)/b13-9-/t31-,34-,36+,37+,49-/m1/s1. The number of carbonyl (C=O) groups excluding carboxylic acids is 4. The van der Waals surface area contributed by atoms with E-state index in [-0.39, 0.29) is 42.4 Å². The molecule has 4 amide bonds. The zero-order valence-electron chi connectivity index (χ0n) is 38.3. The van der Waals surface area contributed by atoms with E-state index >= 15 is 0 Å². The Morgan fingerprint density at radius 2 is 1.70 bits per heavy atom. The minimum atomic E-state index is -4.03. The van der Waals surface area contributed by atoms with Crippen LogP contribution in [0.3, 0.4) is 0 Å². The first-order chi connectivity index (χ1) is 31.5. The number of carbonyl (C=O) groups is 4. The van der Waals surface area contributed by atoms with E-state index in [1.54, 1.807) is 20.1 Å². The van der Waals surface area contributed by atoms with Gasteiger partial charge in [-0.25, -0.2) is 18.2 Å². The van der Waals surface area contributed by atoms with E-state index in [1.165, 1.54) is 4.90 Å². The Labute approximate surface area is 385 Å². The first-order valence-electron chi connectivity index (χ1n) is 23.4. The molecular weight excluding hydrogens is 865 g/mol. The summed E-state index contributed by atoms with van der Waals surface area (Å²) >= 11 is 0. The summed E-state index contributed by atoms with van der Waals surface area (Å²) in [4.78, 5) is 68.4. The molecule has 3 saturated carbocycles. The Hall–Kier alpha value is -5.71. The second kappa shape index (κ2) is 17.5. The van der Waals surface area contributed by atoms with E-state index in [0.717, 1.165) is 49.7 Å². The molecule has 5 atom stereocenters. The highest BCUT2D eigenvalue weighted by molar-refractivity contribution is 7.91. The zero-order chi connectivity index (χ0) is 46.6. The number of hydrogen-bond acceptors (Lipinski definition) is 12. The van der Waals surface area contributed by atoms with Crippen LogP contribution in [-0.4, -0.2) is 95.3 Å². The van der Waals surface area contributed by atoms with Crippen molar-refractivity contribution in [3.63, 3.8) is 0 Å². The third kappa shape index (κ3) is 9.06. The maximum Gasteiger partial charge on any atom is 0.408 e. The van der Waals surface area contributed by atoms with Gasteiger partial charge in [0.2, 0.25) is 27.4 Å². The van der Waals surface area contributed by atoms with Crippen LogP contribution in [0.15, 0.2) is 59.0 Å². The summed E-state index contributed by atoms with van der Waals surface area (Å²) in [6.07, 6.45) is 9.62. The van der Waals surface area contributed by atoms with Gasteiger partial charge in [-0.2, -0.15) is 4.98 Å². The molecule has 3 N–H and O–H groups in total. The van der Waals surface area contributed by atoms with Crippen LogP contribution in [0.5, 0.6) is 11.6 Å². The third-order valence-electron chi connectivity index (χ3n) is 14.1. The predicted molar refractivity (Wildman–Crippen MR) is 246 cm³/mol. The van der Waals surface area contributed by atoms with Gasteiger partial charge in [-0.1, -0.05) is 70.0 Å². The van der Waals surface area contributed by atoms with Gasteiger partial charge in [0.15, 0.2) is 5.82 Å². The predicted octanol–water partition coefficient (Wildman–Crippen LogP) is 7.13. The minimum absolute atomic E-state index is 0.0272. The van der Waals surface area contributed by atoms with Gasteiger partial charge in [-0.3, -0.25) is 19.1 Å². The molecule has 9 rings (SSSR count). The maximum absolute atomic E-state index is 14.9. The number of amides is 4. The molecule has 3 aliphatic carbocycles. The lowest BCUT2D eigenvalue weighted by atomic mass is 9.87. The summed E-state index contributed by atoms with van der Waals surface area (Å²) in [6.45, 7) is 7.92. The van der Waals surface area contributed by atoms with Crippen molar-refractivity contribution in [1.82, 2.24) is 30.2 Å². The molecule has 2 aromatic carbocycles. The number of methoxy groups -OCH3 is 1. The molecule has 17 heteroatoms. The largest absolute Gasteiger partial charge is 0.497 e. The molecule has 0 bridgehead atoms. The van der Waals surface area contributed by atoms with E-state index < -0.39 is 68.2 Å². The number of nitrogens with zero attached hydrogens (tertiary/aromatic N) is 3. The van der Waals surface area contributed by atoms with E-state index in [2.05, 4.69) is 36.1 Å². The van der Waals surface area contributed by atoms with Crippen LogP contribution in [0.4, 0.5) is 4.79 Å². The van der Waals surface area contributed by atoms with Crippen molar-refractivity contribution in [1.29, 1.82) is 0 Å². The van der Waals surface area contributed by atoms with Gasteiger partial charge in [-0.05, 0) is 94.2 Å². The van der Waals surface area contributed by atoms with Crippen molar-refractivity contribution < 1.29 is 46.2 Å². The van der Waals surface area contributed by atoms with Crippen molar-refractivity contribution in [3.05, 3.63) is 60.2 Å². The SMILES string of the molecule is COc1ccc2c(c1)oc1c(O[C@@H]3C[C@H]4C(=O)N[C@]5(C(=O)NS(=O)(=O)C6(C)CC6)C[C@H]5/C=C\CCCCC[C@H](NC(=O)OC5CCCC5)C(=O)N4C3)nc(-c3ccc(C(C)(C)C)cc3)nc12. The van der Waals surface area contributed by atoms with E-state index in [4.69, 9.17) is 28.6 Å². The first-order valence-corrected chi connectivity index (χ1v) is 24.8. The van der Waals surface area contributed by atoms with Gasteiger partial charge in [0.05, 0.1) is 18.4 Å². The van der Waals surface area contributed by atoms with Crippen molar-refractivity contribution in [2.24, 2.45) is 5.92 Å². The molecule has 4 aromatic rings. The molecule has 2 aromatic heterocycles. The van der Waals surface area contributed by atoms with Gasteiger partial charge < -0.3 is 34.2 Å². The highest BCUT2D eigenvalue weighted by Gasteiger charge is 2.63. The molecule has 4 fully saturated rings. The van der Waals surface area contributed by atoms with Gasteiger partial charge in [-0.15, -0.1) is 0 Å². The summed E-state index contributed by atoms with van der Waals surface area (Å²) in [5.74, 6) is -1.38. The van der Waals surface area contributed by atoms with Crippen LogP contribution in [-0.2, 0) is 34.6 Å². The number of hydrogen-bond donors (Lipinski definition) is 3. The van der Waals surface area contributed by atoms with Crippen LogP contribution in [0.2, 0.25) is 0 Å². The van der Waals surface area contributed by atoms with Crippen LogP contribution in [0.25, 0.3) is 33.5 Å². The summed E-state index contributed by atoms with van der Waals surface area (Å²) in [5, 5.41) is 6.47. The number of ether oxygens (including phenoxy) is 3. The third-order valence-corrected chi connectivity index (χ3v) is 16.3. The smallest absolute Gasteiger partial charge is 0.408 e. The fourth-order valence-corrected chi connectivity index (χ4v) is 10.8. The second-order valence-electron chi connectivity index (χ2n) is 20.0. The molecule has 0 unspecified atom stereocenters. The normalized spacial score (nSPS) is 26.3. The highest BCUT2D eigenvalue weighted by atomic mass is 32.2. The molecular formula is C49H60N6O10S. The fraction of sp³-hybridized carbons (Fsp3) is 0.551. The van der Waals surface area contributed by atoms with E-state index in [9.17, 15) is 27.6 Å². The number of rotatable bonds is 9. The van der Waals surface area contributed by atoms with Gasteiger partial charge in [0.1, 0.15) is 46.7 Å². The van der Waals surface area contributed by atoms with Crippen LogP contribution in [0.1, 0.15) is 117 Å². The number of fused-ring (bicyclic) bond motifs is 5. The number of allylic oxidation sites excluding steroid dienone is 1.